The smallest absolute Gasteiger partial charge is 0.258 e. The first-order valence-electron chi connectivity index (χ1n) is 6.27. The van der Waals surface area contributed by atoms with E-state index in [1.165, 1.54) is 11.3 Å². The second-order valence-corrected chi connectivity index (χ2v) is 7.11. The Morgan fingerprint density at radius 2 is 2.25 bits per heavy atom. The zero-order valence-corrected chi connectivity index (χ0v) is 12.3. The van der Waals surface area contributed by atoms with Crippen molar-refractivity contribution in [2.45, 2.75) is 37.0 Å². The fourth-order valence-corrected chi connectivity index (χ4v) is 3.45. The van der Waals surface area contributed by atoms with Gasteiger partial charge in [0.15, 0.2) is 5.03 Å². The van der Waals surface area contributed by atoms with Crippen LogP contribution in [0.2, 0.25) is 0 Å². The van der Waals surface area contributed by atoms with Crippen molar-refractivity contribution in [3.63, 3.8) is 0 Å². The Bertz CT molecular complexity index is 661. The number of nitrogens with zero attached hydrogens (tertiary/aromatic N) is 2. The van der Waals surface area contributed by atoms with Crippen LogP contribution in [0.4, 0.5) is 0 Å². The van der Waals surface area contributed by atoms with Crippen LogP contribution < -0.4 is 10.0 Å². The first kappa shape index (κ1) is 13.7. The van der Waals surface area contributed by atoms with Gasteiger partial charge < -0.3 is 5.32 Å². The number of hydrogen-bond acceptors (Lipinski definition) is 6. The van der Waals surface area contributed by atoms with Crippen LogP contribution in [0.1, 0.15) is 24.1 Å². The third kappa shape index (κ3) is 3.23. The van der Waals surface area contributed by atoms with E-state index in [0.717, 1.165) is 12.8 Å². The van der Waals surface area contributed by atoms with Crippen molar-refractivity contribution < 1.29 is 8.42 Å². The van der Waals surface area contributed by atoms with Crippen molar-refractivity contribution in [3.8, 4) is 0 Å². The summed E-state index contributed by atoms with van der Waals surface area (Å²) in [5.41, 5.74) is 3.03. The fourth-order valence-electron chi connectivity index (χ4n) is 1.77. The molecule has 3 N–H and O–H groups in total. The Kier molecular flexibility index (Phi) is 3.83. The summed E-state index contributed by atoms with van der Waals surface area (Å²) in [5, 5.41) is 11.6. The van der Waals surface area contributed by atoms with Crippen LogP contribution in [0.3, 0.4) is 0 Å². The van der Waals surface area contributed by atoms with Gasteiger partial charge in [0.05, 0.1) is 23.9 Å². The molecule has 0 aliphatic heterocycles. The summed E-state index contributed by atoms with van der Waals surface area (Å²) in [6.07, 6.45) is 3.86. The fraction of sp³-hybridized carbons (Fsp3) is 0.455. The van der Waals surface area contributed by atoms with Gasteiger partial charge in [-0.05, 0) is 12.8 Å². The number of aromatic amines is 1. The molecule has 7 nitrogen and oxygen atoms in total. The van der Waals surface area contributed by atoms with E-state index in [0.29, 0.717) is 23.8 Å². The third-order valence-electron chi connectivity index (χ3n) is 3.03. The molecule has 2 aromatic heterocycles. The minimum Gasteiger partial charge on any atom is -0.310 e. The summed E-state index contributed by atoms with van der Waals surface area (Å²) in [5.74, 6) is 0. The highest BCUT2D eigenvalue weighted by atomic mass is 32.2. The van der Waals surface area contributed by atoms with Crippen LogP contribution in [0.25, 0.3) is 0 Å². The minimum absolute atomic E-state index is 0.126. The molecule has 0 amide bonds. The number of rotatable bonds is 7. The Hall–Kier alpha value is -1.29. The highest BCUT2D eigenvalue weighted by Crippen LogP contribution is 2.20. The van der Waals surface area contributed by atoms with Crippen molar-refractivity contribution in [2.75, 3.05) is 0 Å². The van der Waals surface area contributed by atoms with Crippen molar-refractivity contribution in [1.29, 1.82) is 0 Å². The van der Waals surface area contributed by atoms with Gasteiger partial charge in [-0.15, -0.1) is 11.3 Å². The molecule has 20 heavy (non-hydrogen) atoms. The molecule has 1 saturated carbocycles. The van der Waals surface area contributed by atoms with Crippen LogP contribution in [0.15, 0.2) is 22.1 Å². The minimum atomic E-state index is -3.59. The zero-order chi connectivity index (χ0) is 14.0. The van der Waals surface area contributed by atoms with E-state index in [9.17, 15) is 8.42 Å². The Morgan fingerprint density at radius 3 is 2.95 bits per heavy atom. The molecular weight excluding hydrogens is 298 g/mol. The topological polar surface area (TPSA) is 99.8 Å². The SMILES string of the molecule is O=S(=O)(NCc1cscn1)c1[nH]ncc1CNC1CC1. The Labute approximate surface area is 120 Å². The summed E-state index contributed by atoms with van der Waals surface area (Å²) >= 11 is 1.43. The number of nitrogens with one attached hydrogen (secondary N) is 3. The summed E-state index contributed by atoms with van der Waals surface area (Å²) in [4.78, 5) is 4.04. The molecule has 0 spiro atoms. The van der Waals surface area contributed by atoms with Crippen LogP contribution in [0, 0.1) is 0 Å². The van der Waals surface area contributed by atoms with E-state index in [4.69, 9.17) is 0 Å². The average molecular weight is 313 g/mol. The first-order valence-corrected chi connectivity index (χ1v) is 8.70. The Balaban J connectivity index is 1.68. The quantitative estimate of drug-likeness (QED) is 0.695. The molecule has 2 heterocycles. The molecule has 2 aromatic rings. The van der Waals surface area contributed by atoms with E-state index in [1.54, 1.807) is 11.7 Å². The van der Waals surface area contributed by atoms with Gasteiger partial charge in [-0.2, -0.15) is 5.10 Å². The number of sulfonamides is 1. The molecule has 0 aromatic carbocycles. The van der Waals surface area contributed by atoms with Crippen LogP contribution in [-0.2, 0) is 23.1 Å². The standard InChI is InChI=1S/C11H15N5O2S2/c17-20(18,15-5-10-6-19-7-13-10)11-8(4-14-16-11)3-12-9-1-2-9/h4,6-7,9,12,15H,1-3,5H2,(H,14,16). The lowest BCUT2D eigenvalue weighted by atomic mass is 10.3. The molecule has 1 aliphatic carbocycles. The van der Waals surface area contributed by atoms with Gasteiger partial charge in [0, 0.05) is 23.5 Å². The molecule has 0 unspecified atom stereocenters. The van der Waals surface area contributed by atoms with E-state index in [-0.39, 0.29) is 11.6 Å². The van der Waals surface area contributed by atoms with Gasteiger partial charge in [0.25, 0.3) is 10.0 Å². The first-order chi connectivity index (χ1) is 9.65. The molecule has 3 rings (SSSR count). The maximum Gasteiger partial charge on any atom is 0.258 e. The molecular formula is C11H15N5O2S2. The average Bonchev–Trinajstić information content (AvgIpc) is 2.94. The van der Waals surface area contributed by atoms with Gasteiger partial charge >= 0.3 is 0 Å². The monoisotopic (exact) mass is 313 g/mol. The number of thiazole rings is 1. The maximum atomic E-state index is 12.2. The second-order valence-electron chi connectivity index (χ2n) is 4.68. The van der Waals surface area contributed by atoms with E-state index >= 15 is 0 Å². The molecule has 9 heteroatoms. The highest BCUT2D eigenvalue weighted by molar-refractivity contribution is 7.89. The van der Waals surface area contributed by atoms with Gasteiger partial charge in [0.1, 0.15) is 0 Å². The Morgan fingerprint density at radius 1 is 1.40 bits per heavy atom. The maximum absolute atomic E-state index is 12.2. The number of aromatic nitrogens is 3. The largest absolute Gasteiger partial charge is 0.310 e. The molecule has 0 bridgehead atoms. The highest BCUT2D eigenvalue weighted by Gasteiger charge is 2.24. The summed E-state index contributed by atoms with van der Waals surface area (Å²) in [6, 6.07) is 0.517. The molecule has 1 fully saturated rings. The molecule has 1 aliphatic rings. The van der Waals surface area contributed by atoms with Crippen molar-refractivity contribution >= 4 is 21.4 Å². The van der Waals surface area contributed by atoms with Crippen molar-refractivity contribution in [2.24, 2.45) is 0 Å². The molecule has 0 saturated heterocycles. The normalized spacial score (nSPS) is 15.6. The van der Waals surface area contributed by atoms with Gasteiger partial charge in [-0.25, -0.2) is 18.1 Å². The lowest BCUT2D eigenvalue weighted by Crippen LogP contribution is -2.26. The van der Waals surface area contributed by atoms with Crippen molar-refractivity contribution in [1.82, 2.24) is 25.2 Å². The van der Waals surface area contributed by atoms with Crippen LogP contribution >= 0.6 is 11.3 Å². The van der Waals surface area contributed by atoms with Gasteiger partial charge in [-0.1, -0.05) is 0 Å². The second kappa shape index (κ2) is 5.60. The molecule has 0 atom stereocenters. The lowest BCUT2D eigenvalue weighted by molar-refractivity contribution is 0.573. The van der Waals surface area contributed by atoms with E-state index < -0.39 is 10.0 Å². The zero-order valence-electron chi connectivity index (χ0n) is 10.7. The van der Waals surface area contributed by atoms with Crippen LogP contribution in [0.5, 0.6) is 0 Å². The van der Waals surface area contributed by atoms with Crippen molar-refractivity contribution in [3.05, 3.63) is 28.3 Å². The molecule has 0 radical (unpaired) electrons. The van der Waals surface area contributed by atoms with E-state index in [1.807, 2.05) is 5.38 Å². The summed E-state index contributed by atoms with van der Waals surface area (Å²) < 4.78 is 27.0. The van der Waals surface area contributed by atoms with Gasteiger partial charge in [0.2, 0.25) is 0 Å². The molecule has 108 valence electrons. The number of H-pyrrole nitrogens is 1. The predicted molar refractivity (Wildman–Crippen MR) is 74.6 cm³/mol. The lowest BCUT2D eigenvalue weighted by Gasteiger charge is -2.06. The number of hydrogen-bond donors (Lipinski definition) is 3. The van der Waals surface area contributed by atoms with Gasteiger partial charge in [-0.3, -0.25) is 5.10 Å². The summed E-state index contributed by atoms with van der Waals surface area (Å²) in [6.45, 7) is 0.689. The summed E-state index contributed by atoms with van der Waals surface area (Å²) in [7, 11) is -3.59. The predicted octanol–water partition coefficient (Wildman–Crippen LogP) is 0.597. The van der Waals surface area contributed by atoms with Crippen LogP contribution in [-0.4, -0.2) is 29.6 Å². The third-order valence-corrected chi connectivity index (χ3v) is 5.08. The van der Waals surface area contributed by atoms with E-state index in [2.05, 4.69) is 25.2 Å².